The molecule has 0 unspecified atom stereocenters. The highest BCUT2D eigenvalue weighted by Gasteiger charge is 2.16. The lowest BCUT2D eigenvalue weighted by molar-refractivity contribution is 0.0947. The van der Waals surface area contributed by atoms with Crippen LogP contribution in [0.5, 0.6) is 0 Å². The minimum Gasteiger partial charge on any atom is -0.352 e. The van der Waals surface area contributed by atoms with Crippen molar-refractivity contribution in [3.05, 3.63) is 76.9 Å². The fourth-order valence-electron chi connectivity index (χ4n) is 3.86. The van der Waals surface area contributed by atoms with Crippen LogP contribution in [0, 0.1) is 0 Å². The van der Waals surface area contributed by atoms with Crippen LogP contribution in [0.4, 0.5) is 0 Å². The summed E-state index contributed by atoms with van der Waals surface area (Å²) in [6.45, 7) is 7.08. The maximum atomic E-state index is 12.4. The van der Waals surface area contributed by atoms with Crippen LogP contribution in [0.15, 0.2) is 60.7 Å². The van der Waals surface area contributed by atoms with Crippen LogP contribution in [0.2, 0.25) is 5.15 Å². The third-order valence-corrected chi connectivity index (χ3v) is 5.78. The van der Waals surface area contributed by atoms with Gasteiger partial charge in [-0.3, -0.25) is 9.69 Å². The molecule has 2 aromatic carbocycles. The molecule has 0 radical (unpaired) electrons. The van der Waals surface area contributed by atoms with Gasteiger partial charge in [-0.1, -0.05) is 41.9 Å². The highest BCUT2D eigenvalue weighted by atomic mass is 35.5. The molecule has 4 rings (SSSR count). The van der Waals surface area contributed by atoms with E-state index < -0.39 is 0 Å². The lowest BCUT2D eigenvalue weighted by Crippen LogP contribution is -2.46. The second-order valence-electron chi connectivity index (χ2n) is 7.75. The molecule has 0 bridgehead atoms. The monoisotopic (exact) mass is 422 g/mol. The highest BCUT2D eigenvalue weighted by molar-refractivity contribution is 6.29. The lowest BCUT2D eigenvalue weighted by Gasteiger charge is -2.34. The molecule has 1 amide bonds. The van der Waals surface area contributed by atoms with Crippen molar-refractivity contribution in [1.82, 2.24) is 20.1 Å². The number of rotatable bonds is 7. The topological polar surface area (TPSA) is 48.5 Å². The van der Waals surface area contributed by atoms with Crippen molar-refractivity contribution in [2.24, 2.45) is 0 Å². The third kappa shape index (κ3) is 5.57. The smallest absolute Gasteiger partial charge is 0.251 e. The van der Waals surface area contributed by atoms with Gasteiger partial charge in [0, 0.05) is 50.2 Å². The van der Waals surface area contributed by atoms with Crippen LogP contribution in [0.25, 0.3) is 10.9 Å². The number of hydrogen-bond acceptors (Lipinski definition) is 4. The lowest BCUT2D eigenvalue weighted by atomic mass is 10.1. The molecule has 1 aromatic heterocycles. The minimum absolute atomic E-state index is 0.0421. The number of nitrogens with one attached hydrogen (secondary N) is 1. The molecule has 6 heteroatoms. The van der Waals surface area contributed by atoms with Crippen molar-refractivity contribution in [2.75, 3.05) is 39.3 Å². The van der Waals surface area contributed by atoms with E-state index in [1.807, 2.05) is 18.2 Å². The molecule has 3 aromatic rings. The average molecular weight is 423 g/mol. The summed E-state index contributed by atoms with van der Waals surface area (Å²) in [5.74, 6) is -0.0421. The van der Waals surface area contributed by atoms with E-state index in [1.165, 1.54) is 5.56 Å². The molecule has 1 saturated heterocycles. The predicted molar refractivity (Wildman–Crippen MR) is 122 cm³/mol. The first-order valence-electron chi connectivity index (χ1n) is 10.5. The molecule has 2 heterocycles. The normalized spacial score (nSPS) is 15.4. The van der Waals surface area contributed by atoms with E-state index in [-0.39, 0.29) is 5.91 Å². The summed E-state index contributed by atoms with van der Waals surface area (Å²) in [5.41, 5.74) is 2.83. The number of fused-ring (bicyclic) bond motifs is 1. The second-order valence-corrected chi connectivity index (χ2v) is 8.14. The molecule has 30 heavy (non-hydrogen) atoms. The number of nitrogens with zero attached hydrogens (tertiary/aromatic N) is 3. The van der Waals surface area contributed by atoms with E-state index in [1.54, 1.807) is 12.1 Å². The summed E-state index contributed by atoms with van der Waals surface area (Å²) in [5, 5.41) is 4.41. The second kappa shape index (κ2) is 10.0. The van der Waals surface area contributed by atoms with Crippen LogP contribution in [0.1, 0.15) is 22.3 Å². The van der Waals surface area contributed by atoms with Crippen LogP contribution in [-0.4, -0.2) is 60.0 Å². The molecule has 0 atom stereocenters. The Kier molecular flexibility index (Phi) is 6.95. The molecule has 0 saturated carbocycles. The molecular formula is C24H27ClN4O. The molecule has 1 aliphatic rings. The summed E-state index contributed by atoms with van der Waals surface area (Å²) in [6.07, 6.45) is 0.954. The summed E-state index contributed by atoms with van der Waals surface area (Å²) >= 11 is 5.92. The van der Waals surface area contributed by atoms with Gasteiger partial charge in [0.1, 0.15) is 5.15 Å². The van der Waals surface area contributed by atoms with Gasteiger partial charge >= 0.3 is 0 Å². The fraction of sp³-hybridized carbons (Fsp3) is 0.333. The summed E-state index contributed by atoms with van der Waals surface area (Å²) in [7, 11) is 0. The number of hydrogen-bond donors (Lipinski definition) is 1. The van der Waals surface area contributed by atoms with Gasteiger partial charge in [0.25, 0.3) is 5.91 Å². The number of piperazine rings is 1. The van der Waals surface area contributed by atoms with Gasteiger partial charge in [-0.15, -0.1) is 0 Å². The van der Waals surface area contributed by atoms with Crippen molar-refractivity contribution >= 4 is 28.4 Å². The number of carbonyl (C=O) groups is 1. The summed E-state index contributed by atoms with van der Waals surface area (Å²) in [6, 6.07) is 19.8. The van der Waals surface area contributed by atoms with E-state index in [0.29, 0.717) is 17.3 Å². The first-order chi connectivity index (χ1) is 14.7. The fourth-order valence-corrected chi connectivity index (χ4v) is 4.02. The number of pyridine rings is 1. The Morgan fingerprint density at radius 1 is 0.967 bits per heavy atom. The molecule has 1 N–H and O–H groups in total. The number of amides is 1. The van der Waals surface area contributed by atoms with E-state index in [9.17, 15) is 4.79 Å². The van der Waals surface area contributed by atoms with Gasteiger partial charge in [0.2, 0.25) is 0 Å². The average Bonchev–Trinajstić information content (AvgIpc) is 2.78. The Hall–Kier alpha value is -2.47. The van der Waals surface area contributed by atoms with Crippen LogP contribution < -0.4 is 5.32 Å². The van der Waals surface area contributed by atoms with Crippen LogP contribution in [0.3, 0.4) is 0 Å². The van der Waals surface area contributed by atoms with Gasteiger partial charge in [0.05, 0.1) is 5.52 Å². The molecule has 0 spiro atoms. The molecule has 1 fully saturated rings. The standard InChI is InChI=1S/C24H27ClN4O/c25-23-10-8-20-17-21(7-9-22(20)27-23)24(30)26-11-4-12-28-13-15-29(16-14-28)18-19-5-2-1-3-6-19/h1-3,5-10,17H,4,11-16,18H2,(H,26,30). The Morgan fingerprint density at radius 3 is 2.53 bits per heavy atom. The number of aromatic nitrogens is 1. The molecule has 1 aliphatic heterocycles. The maximum absolute atomic E-state index is 12.4. The Bertz CT molecular complexity index is 987. The van der Waals surface area contributed by atoms with Crippen molar-refractivity contribution in [3.8, 4) is 0 Å². The SMILES string of the molecule is O=C(NCCCN1CCN(Cc2ccccc2)CC1)c1ccc2nc(Cl)ccc2c1. The zero-order valence-corrected chi connectivity index (χ0v) is 17.8. The third-order valence-electron chi connectivity index (χ3n) is 5.57. The van der Waals surface area contributed by atoms with E-state index in [2.05, 4.69) is 50.4 Å². The Balaban J connectivity index is 1.17. The van der Waals surface area contributed by atoms with Gasteiger partial charge in [0.15, 0.2) is 0 Å². The van der Waals surface area contributed by atoms with Gasteiger partial charge in [-0.2, -0.15) is 0 Å². The van der Waals surface area contributed by atoms with Gasteiger partial charge in [-0.25, -0.2) is 4.98 Å². The van der Waals surface area contributed by atoms with Crippen molar-refractivity contribution in [3.63, 3.8) is 0 Å². The predicted octanol–water partition coefficient (Wildman–Crippen LogP) is 3.83. The van der Waals surface area contributed by atoms with E-state index in [0.717, 1.165) is 56.6 Å². The zero-order valence-electron chi connectivity index (χ0n) is 17.1. The minimum atomic E-state index is -0.0421. The zero-order chi connectivity index (χ0) is 20.8. The van der Waals surface area contributed by atoms with Gasteiger partial charge < -0.3 is 10.2 Å². The van der Waals surface area contributed by atoms with Crippen LogP contribution in [-0.2, 0) is 6.54 Å². The van der Waals surface area contributed by atoms with E-state index in [4.69, 9.17) is 11.6 Å². The van der Waals surface area contributed by atoms with Gasteiger partial charge in [-0.05, 0) is 48.9 Å². The largest absolute Gasteiger partial charge is 0.352 e. The summed E-state index contributed by atoms with van der Waals surface area (Å²) < 4.78 is 0. The number of halogens is 1. The molecular weight excluding hydrogens is 396 g/mol. The van der Waals surface area contributed by atoms with E-state index >= 15 is 0 Å². The number of benzene rings is 2. The van der Waals surface area contributed by atoms with Crippen molar-refractivity contribution in [2.45, 2.75) is 13.0 Å². The maximum Gasteiger partial charge on any atom is 0.251 e. The first-order valence-corrected chi connectivity index (χ1v) is 10.9. The molecule has 0 aliphatic carbocycles. The quantitative estimate of drug-likeness (QED) is 0.464. The highest BCUT2D eigenvalue weighted by Crippen LogP contribution is 2.17. The van der Waals surface area contributed by atoms with Crippen molar-refractivity contribution < 1.29 is 4.79 Å². The molecule has 5 nitrogen and oxygen atoms in total. The number of carbonyl (C=O) groups excluding carboxylic acids is 1. The van der Waals surface area contributed by atoms with Crippen LogP contribution >= 0.6 is 11.6 Å². The Labute approximate surface area is 182 Å². The Morgan fingerprint density at radius 2 is 1.73 bits per heavy atom. The van der Waals surface area contributed by atoms with Crippen molar-refractivity contribution in [1.29, 1.82) is 0 Å². The first kappa shape index (κ1) is 20.8. The molecule has 156 valence electrons. The summed E-state index contributed by atoms with van der Waals surface area (Å²) in [4.78, 5) is 21.7.